The van der Waals surface area contributed by atoms with Gasteiger partial charge in [0.25, 0.3) is 0 Å². The van der Waals surface area contributed by atoms with E-state index >= 15 is 0 Å². The Hall–Kier alpha value is -0.410. The van der Waals surface area contributed by atoms with Crippen molar-refractivity contribution in [3.05, 3.63) is 0 Å². The van der Waals surface area contributed by atoms with Gasteiger partial charge in [-0.3, -0.25) is 9.69 Å². The molecule has 1 rings (SSSR count). The van der Waals surface area contributed by atoms with Gasteiger partial charge in [0.15, 0.2) is 0 Å². The lowest BCUT2D eigenvalue weighted by atomic mass is 10.1. The number of nitrogens with zero attached hydrogens (tertiary/aromatic N) is 2. The molecule has 1 saturated heterocycles. The molecule has 3 heteroatoms. The smallest absolute Gasteiger partial charge is 0.131 e. The summed E-state index contributed by atoms with van der Waals surface area (Å²) in [5.74, 6) is 0.998. The number of likely N-dealkylation sites (tertiary alicyclic amines) is 1. The van der Waals surface area contributed by atoms with Crippen LogP contribution in [0.5, 0.6) is 0 Å². The number of hydrogen-bond acceptors (Lipinski definition) is 3. The van der Waals surface area contributed by atoms with E-state index in [9.17, 15) is 4.79 Å². The molecule has 3 nitrogen and oxygen atoms in total. The Labute approximate surface area is 93.4 Å². The van der Waals surface area contributed by atoms with E-state index in [0.29, 0.717) is 30.2 Å². The Morgan fingerprint density at radius 2 is 2.07 bits per heavy atom. The van der Waals surface area contributed by atoms with Crippen molar-refractivity contribution in [1.29, 1.82) is 0 Å². The molecule has 0 spiro atoms. The van der Waals surface area contributed by atoms with E-state index < -0.39 is 0 Å². The summed E-state index contributed by atoms with van der Waals surface area (Å²) in [4.78, 5) is 15.8. The van der Waals surface area contributed by atoms with Crippen LogP contribution < -0.4 is 0 Å². The highest BCUT2D eigenvalue weighted by Gasteiger charge is 2.33. The lowest BCUT2D eigenvalue weighted by Crippen LogP contribution is -2.37. The fraction of sp³-hybridized carbons (Fsp3) is 0.917. The summed E-state index contributed by atoms with van der Waals surface area (Å²) in [5.41, 5.74) is 0. The number of hydrogen-bond donors (Lipinski definition) is 0. The first-order chi connectivity index (χ1) is 6.91. The van der Waals surface area contributed by atoms with Crippen molar-refractivity contribution >= 4 is 5.78 Å². The molecule has 1 fully saturated rings. The number of Topliss-reactive ketones (excluding diaryl/α,β-unsaturated/α-hetero) is 1. The molecule has 0 aliphatic carbocycles. The van der Waals surface area contributed by atoms with Crippen LogP contribution in [0.4, 0.5) is 0 Å². The molecule has 1 heterocycles. The summed E-state index contributed by atoms with van der Waals surface area (Å²) in [7, 11) is 4.28. The number of carbonyl (C=O) groups excluding carboxylic acids is 1. The highest BCUT2D eigenvalue weighted by molar-refractivity contribution is 5.76. The Kier molecular flexibility index (Phi) is 4.29. The van der Waals surface area contributed by atoms with Crippen molar-refractivity contribution in [2.75, 3.05) is 27.2 Å². The Morgan fingerprint density at radius 3 is 2.47 bits per heavy atom. The second kappa shape index (κ2) is 5.08. The number of carbonyl (C=O) groups is 1. The number of rotatable bonds is 4. The van der Waals surface area contributed by atoms with Gasteiger partial charge in [-0.25, -0.2) is 0 Å². The molecular formula is C12H24N2O. The van der Waals surface area contributed by atoms with Gasteiger partial charge in [0.05, 0.1) is 0 Å². The summed E-state index contributed by atoms with van der Waals surface area (Å²) < 4.78 is 0. The lowest BCUT2D eigenvalue weighted by Gasteiger charge is -2.25. The van der Waals surface area contributed by atoms with E-state index in [1.165, 1.54) is 0 Å². The zero-order valence-electron chi connectivity index (χ0n) is 10.7. The molecule has 88 valence electrons. The molecule has 0 bridgehead atoms. The minimum Gasteiger partial charge on any atom is -0.305 e. The van der Waals surface area contributed by atoms with Crippen LogP contribution >= 0.6 is 0 Å². The maximum absolute atomic E-state index is 11.1. The van der Waals surface area contributed by atoms with Crippen molar-refractivity contribution in [1.82, 2.24) is 9.80 Å². The van der Waals surface area contributed by atoms with E-state index in [1.54, 1.807) is 6.92 Å². The molecule has 0 N–H and O–H groups in total. The highest BCUT2D eigenvalue weighted by Crippen LogP contribution is 2.22. The molecule has 3 unspecified atom stereocenters. The molecule has 0 saturated carbocycles. The standard InChI is InChI=1S/C12H24N2O/c1-9-7-14(8-12(9)13(4)5)10(2)6-11(3)15/h9-10,12H,6-8H2,1-5H3. The maximum atomic E-state index is 11.1. The fourth-order valence-corrected chi connectivity index (χ4v) is 2.56. The van der Waals surface area contributed by atoms with E-state index in [1.807, 2.05) is 0 Å². The van der Waals surface area contributed by atoms with Crippen LogP contribution in [0.1, 0.15) is 27.2 Å². The Balaban J connectivity index is 2.50. The van der Waals surface area contributed by atoms with Crippen LogP contribution in [0.3, 0.4) is 0 Å². The van der Waals surface area contributed by atoms with E-state index in [-0.39, 0.29) is 0 Å². The largest absolute Gasteiger partial charge is 0.305 e. The Morgan fingerprint density at radius 1 is 1.47 bits per heavy atom. The molecule has 1 aliphatic rings. The summed E-state index contributed by atoms with van der Waals surface area (Å²) in [6.45, 7) is 8.36. The third kappa shape index (κ3) is 3.28. The van der Waals surface area contributed by atoms with Gasteiger partial charge in [0, 0.05) is 31.6 Å². The van der Waals surface area contributed by atoms with Crippen molar-refractivity contribution in [3.63, 3.8) is 0 Å². The molecule has 0 radical (unpaired) electrons. The third-order valence-electron chi connectivity index (χ3n) is 3.47. The van der Waals surface area contributed by atoms with Gasteiger partial charge < -0.3 is 4.90 Å². The predicted molar refractivity (Wildman–Crippen MR) is 63.0 cm³/mol. The lowest BCUT2D eigenvalue weighted by molar-refractivity contribution is -0.118. The van der Waals surface area contributed by atoms with Gasteiger partial charge in [-0.15, -0.1) is 0 Å². The molecule has 3 atom stereocenters. The molecule has 1 aliphatic heterocycles. The SMILES string of the molecule is CC(=O)CC(C)N1CC(C)C(N(C)C)C1. The zero-order chi connectivity index (χ0) is 11.6. The van der Waals surface area contributed by atoms with Crippen molar-refractivity contribution in [2.24, 2.45) is 5.92 Å². The minimum absolute atomic E-state index is 0.295. The summed E-state index contributed by atoms with van der Waals surface area (Å²) >= 11 is 0. The van der Waals surface area contributed by atoms with Crippen LogP contribution in [0, 0.1) is 5.92 Å². The fourth-order valence-electron chi connectivity index (χ4n) is 2.56. The van der Waals surface area contributed by atoms with Gasteiger partial charge in [0.2, 0.25) is 0 Å². The molecule has 15 heavy (non-hydrogen) atoms. The number of likely N-dealkylation sites (N-methyl/N-ethyl adjacent to an activating group) is 1. The molecular weight excluding hydrogens is 188 g/mol. The first kappa shape index (κ1) is 12.7. The topological polar surface area (TPSA) is 23.6 Å². The first-order valence-electron chi connectivity index (χ1n) is 5.81. The summed E-state index contributed by atoms with van der Waals surface area (Å²) in [6.07, 6.45) is 0.687. The highest BCUT2D eigenvalue weighted by atomic mass is 16.1. The first-order valence-corrected chi connectivity index (χ1v) is 5.81. The van der Waals surface area contributed by atoms with Crippen LogP contribution in [0.15, 0.2) is 0 Å². The van der Waals surface area contributed by atoms with E-state index in [2.05, 4.69) is 37.7 Å². The molecule has 0 aromatic heterocycles. The quantitative estimate of drug-likeness (QED) is 0.700. The Bertz CT molecular complexity index is 228. The van der Waals surface area contributed by atoms with Crippen LogP contribution in [-0.2, 0) is 4.79 Å². The van der Waals surface area contributed by atoms with Crippen molar-refractivity contribution in [3.8, 4) is 0 Å². The minimum atomic E-state index is 0.295. The second-order valence-corrected chi connectivity index (χ2v) is 5.22. The van der Waals surface area contributed by atoms with E-state index in [4.69, 9.17) is 0 Å². The van der Waals surface area contributed by atoms with Gasteiger partial charge in [-0.05, 0) is 33.9 Å². The predicted octanol–water partition coefficient (Wildman–Crippen LogP) is 1.24. The molecule has 0 amide bonds. The van der Waals surface area contributed by atoms with Gasteiger partial charge >= 0.3 is 0 Å². The average molecular weight is 212 g/mol. The molecule has 0 aromatic carbocycles. The number of ketones is 1. The second-order valence-electron chi connectivity index (χ2n) is 5.22. The van der Waals surface area contributed by atoms with E-state index in [0.717, 1.165) is 13.1 Å². The van der Waals surface area contributed by atoms with Crippen LogP contribution in [0.2, 0.25) is 0 Å². The maximum Gasteiger partial charge on any atom is 0.131 e. The summed E-state index contributed by atoms with van der Waals surface area (Å²) in [6, 6.07) is 1.04. The zero-order valence-corrected chi connectivity index (χ0v) is 10.7. The summed E-state index contributed by atoms with van der Waals surface area (Å²) in [5, 5.41) is 0. The van der Waals surface area contributed by atoms with Gasteiger partial charge in [0.1, 0.15) is 5.78 Å². The normalized spacial score (nSPS) is 29.7. The van der Waals surface area contributed by atoms with Crippen LogP contribution in [0.25, 0.3) is 0 Å². The molecule has 0 aromatic rings. The third-order valence-corrected chi connectivity index (χ3v) is 3.47. The monoisotopic (exact) mass is 212 g/mol. The van der Waals surface area contributed by atoms with Crippen molar-refractivity contribution < 1.29 is 4.79 Å². The average Bonchev–Trinajstić information content (AvgIpc) is 2.46. The van der Waals surface area contributed by atoms with Gasteiger partial charge in [-0.1, -0.05) is 6.92 Å². The van der Waals surface area contributed by atoms with Crippen LogP contribution in [-0.4, -0.2) is 54.9 Å². The van der Waals surface area contributed by atoms with Crippen molar-refractivity contribution in [2.45, 2.75) is 39.3 Å². The van der Waals surface area contributed by atoms with Gasteiger partial charge in [-0.2, -0.15) is 0 Å².